The van der Waals surface area contributed by atoms with Crippen LogP contribution >= 0.6 is 34.5 Å². The van der Waals surface area contributed by atoms with Gasteiger partial charge in [0, 0.05) is 0 Å². The average molecular weight is 328 g/mol. The Morgan fingerprint density at radius 1 is 1.20 bits per heavy atom. The molecule has 0 saturated carbocycles. The number of nitrogens with two attached hydrogens (primary N) is 1. The van der Waals surface area contributed by atoms with Crippen LogP contribution < -0.4 is 11.1 Å². The molecule has 1 heterocycles. The molecule has 0 amide bonds. The van der Waals surface area contributed by atoms with E-state index in [1.54, 1.807) is 5.51 Å². The van der Waals surface area contributed by atoms with Crippen LogP contribution in [0, 0.1) is 5.82 Å². The van der Waals surface area contributed by atoms with E-state index in [0.717, 1.165) is 4.70 Å². The molecule has 0 saturated heterocycles. The van der Waals surface area contributed by atoms with E-state index in [2.05, 4.69) is 10.3 Å². The Morgan fingerprint density at radius 3 is 2.60 bits per heavy atom. The SMILES string of the molecule is Nc1c(Nc2c(Cl)cc(F)cc2Cl)ccc2scnc12. The molecule has 7 heteroatoms. The van der Waals surface area contributed by atoms with E-state index >= 15 is 0 Å². The van der Waals surface area contributed by atoms with Gasteiger partial charge in [0.1, 0.15) is 11.3 Å². The van der Waals surface area contributed by atoms with Crippen LogP contribution in [0.3, 0.4) is 0 Å². The van der Waals surface area contributed by atoms with Crippen LogP contribution in [0.1, 0.15) is 0 Å². The molecule has 0 fully saturated rings. The molecule has 0 aliphatic rings. The second-order valence-electron chi connectivity index (χ2n) is 4.10. The zero-order valence-corrected chi connectivity index (χ0v) is 12.3. The standard InChI is InChI=1S/C13H8Cl2FN3S/c14-7-3-6(16)4-8(15)12(7)19-9-1-2-10-13(11(9)17)18-5-20-10/h1-5,19H,17H2. The third-order valence-corrected chi connectivity index (χ3v) is 4.20. The minimum atomic E-state index is -0.492. The maximum atomic E-state index is 13.2. The number of thiazole rings is 1. The van der Waals surface area contributed by atoms with Gasteiger partial charge in [0.05, 0.1) is 37.3 Å². The van der Waals surface area contributed by atoms with E-state index in [4.69, 9.17) is 28.9 Å². The number of nitrogens with one attached hydrogen (secondary N) is 1. The Morgan fingerprint density at radius 2 is 1.90 bits per heavy atom. The molecule has 3 rings (SSSR count). The Balaban J connectivity index is 2.07. The minimum absolute atomic E-state index is 0.188. The summed E-state index contributed by atoms with van der Waals surface area (Å²) >= 11 is 13.5. The highest BCUT2D eigenvalue weighted by molar-refractivity contribution is 7.16. The molecule has 3 aromatic rings. The first-order valence-electron chi connectivity index (χ1n) is 5.59. The fourth-order valence-corrected chi connectivity index (χ4v) is 3.10. The van der Waals surface area contributed by atoms with E-state index in [1.807, 2.05) is 12.1 Å². The van der Waals surface area contributed by atoms with Gasteiger partial charge in [-0.25, -0.2) is 9.37 Å². The summed E-state index contributed by atoms with van der Waals surface area (Å²) in [6.45, 7) is 0. The first-order chi connectivity index (χ1) is 9.56. The number of anilines is 3. The summed E-state index contributed by atoms with van der Waals surface area (Å²) in [4.78, 5) is 4.21. The first kappa shape index (κ1) is 13.4. The molecule has 3 N–H and O–H groups in total. The number of hydrogen-bond donors (Lipinski definition) is 2. The van der Waals surface area contributed by atoms with Gasteiger partial charge in [0.15, 0.2) is 0 Å². The van der Waals surface area contributed by atoms with Gasteiger partial charge >= 0.3 is 0 Å². The Hall–Kier alpha value is -1.56. The van der Waals surface area contributed by atoms with Gasteiger partial charge in [-0.3, -0.25) is 0 Å². The van der Waals surface area contributed by atoms with Crippen molar-refractivity contribution in [3.63, 3.8) is 0 Å². The minimum Gasteiger partial charge on any atom is -0.395 e. The summed E-state index contributed by atoms with van der Waals surface area (Å²) in [6, 6.07) is 6.09. The van der Waals surface area contributed by atoms with Crippen molar-refractivity contribution in [1.82, 2.24) is 4.98 Å². The van der Waals surface area contributed by atoms with E-state index in [0.29, 0.717) is 22.6 Å². The molecular formula is C13H8Cl2FN3S. The van der Waals surface area contributed by atoms with E-state index in [-0.39, 0.29) is 10.0 Å². The van der Waals surface area contributed by atoms with Crippen molar-refractivity contribution in [2.24, 2.45) is 0 Å². The largest absolute Gasteiger partial charge is 0.395 e. The highest BCUT2D eigenvalue weighted by atomic mass is 35.5. The molecule has 3 nitrogen and oxygen atoms in total. The molecule has 20 heavy (non-hydrogen) atoms. The second-order valence-corrected chi connectivity index (χ2v) is 5.80. The quantitative estimate of drug-likeness (QED) is 0.646. The van der Waals surface area contributed by atoms with Gasteiger partial charge in [-0.2, -0.15) is 0 Å². The lowest BCUT2D eigenvalue weighted by molar-refractivity contribution is 0.628. The second kappa shape index (κ2) is 5.09. The van der Waals surface area contributed by atoms with E-state index in [9.17, 15) is 4.39 Å². The van der Waals surface area contributed by atoms with Gasteiger partial charge in [-0.1, -0.05) is 23.2 Å². The lowest BCUT2D eigenvalue weighted by Crippen LogP contribution is -1.98. The molecule has 0 bridgehead atoms. The van der Waals surface area contributed by atoms with Gasteiger partial charge < -0.3 is 11.1 Å². The van der Waals surface area contributed by atoms with Crippen LogP contribution in [0.5, 0.6) is 0 Å². The van der Waals surface area contributed by atoms with E-state index in [1.165, 1.54) is 23.5 Å². The van der Waals surface area contributed by atoms with Crippen LogP contribution in [-0.4, -0.2) is 4.98 Å². The van der Waals surface area contributed by atoms with Crippen molar-refractivity contribution in [3.8, 4) is 0 Å². The van der Waals surface area contributed by atoms with E-state index < -0.39 is 5.82 Å². The lowest BCUT2D eigenvalue weighted by atomic mass is 10.2. The zero-order valence-electron chi connectivity index (χ0n) is 9.95. The molecule has 0 aliphatic heterocycles. The van der Waals surface area contributed by atoms with Gasteiger partial charge in [0.2, 0.25) is 0 Å². The van der Waals surface area contributed by atoms with Crippen LogP contribution in [-0.2, 0) is 0 Å². The smallest absolute Gasteiger partial charge is 0.126 e. The third kappa shape index (κ3) is 2.28. The Labute approximate surface area is 128 Å². The Bertz CT molecular complexity index is 780. The number of benzene rings is 2. The van der Waals surface area contributed by atoms with Crippen LogP contribution in [0.4, 0.5) is 21.5 Å². The van der Waals surface area contributed by atoms with Crippen molar-refractivity contribution >= 4 is 61.8 Å². The lowest BCUT2D eigenvalue weighted by Gasteiger charge is -2.12. The number of aromatic nitrogens is 1. The van der Waals surface area contributed by atoms with Crippen molar-refractivity contribution in [2.75, 3.05) is 11.1 Å². The molecule has 0 atom stereocenters. The van der Waals surface area contributed by atoms with Gasteiger partial charge in [-0.05, 0) is 24.3 Å². The summed E-state index contributed by atoms with van der Waals surface area (Å²) < 4.78 is 14.2. The molecule has 0 radical (unpaired) electrons. The fraction of sp³-hybridized carbons (Fsp3) is 0. The first-order valence-corrected chi connectivity index (χ1v) is 7.23. The maximum absolute atomic E-state index is 13.2. The Kier molecular flexibility index (Phi) is 3.41. The summed E-state index contributed by atoms with van der Waals surface area (Å²) in [5.41, 5.74) is 10.0. The fourth-order valence-electron chi connectivity index (χ4n) is 1.86. The van der Waals surface area contributed by atoms with Crippen LogP contribution in [0.15, 0.2) is 29.8 Å². The molecular weight excluding hydrogens is 320 g/mol. The topological polar surface area (TPSA) is 50.9 Å². The molecule has 1 aromatic heterocycles. The highest BCUT2D eigenvalue weighted by Gasteiger charge is 2.12. The normalized spacial score (nSPS) is 10.9. The number of hydrogen-bond acceptors (Lipinski definition) is 4. The van der Waals surface area contributed by atoms with Crippen molar-refractivity contribution in [1.29, 1.82) is 0 Å². The molecule has 102 valence electrons. The summed E-state index contributed by atoms with van der Waals surface area (Å²) in [5.74, 6) is -0.492. The van der Waals surface area contributed by atoms with Crippen LogP contribution in [0.2, 0.25) is 10.0 Å². The van der Waals surface area contributed by atoms with Gasteiger partial charge in [0.25, 0.3) is 0 Å². The van der Waals surface area contributed by atoms with Crippen molar-refractivity contribution in [2.45, 2.75) is 0 Å². The predicted octanol–water partition coefficient (Wildman–Crippen LogP) is 5.07. The third-order valence-electron chi connectivity index (χ3n) is 2.81. The van der Waals surface area contributed by atoms with Crippen molar-refractivity contribution < 1.29 is 4.39 Å². The molecule has 0 spiro atoms. The predicted molar refractivity (Wildman–Crippen MR) is 83.7 cm³/mol. The van der Waals surface area contributed by atoms with Crippen LogP contribution in [0.25, 0.3) is 10.2 Å². The van der Waals surface area contributed by atoms with Gasteiger partial charge in [-0.15, -0.1) is 11.3 Å². The van der Waals surface area contributed by atoms with Crippen molar-refractivity contribution in [3.05, 3.63) is 45.6 Å². The number of halogens is 3. The molecule has 0 unspecified atom stereocenters. The number of nitrogens with zero attached hydrogens (tertiary/aromatic N) is 1. The zero-order chi connectivity index (χ0) is 14.3. The monoisotopic (exact) mass is 327 g/mol. The number of fused-ring (bicyclic) bond motifs is 1. The summed E-state index contributed by atoms with van der Waals surface area (Å²) in [6.07, 6.45) is 0. The summed E-state index contributed by atoms with van der Waals surface area (Å²) in [7, 11) is 0. The number of rotatable bonds is 2. The maximum Gasteiger partial charge on any atom is 0.126 e. The highest BCUT2D eigenvalue weighted by Crippen LogP contribution is 2.37. The average Bonchev–Trinajstić information content (AvgIpc) is 2.85. The number of nitrogen functional groups attached to an aromatic ring is 1. The molecule has 0 aliphatic carbocycles. The molecule has 2 aromatic carbocycles. The summed E-state index contributed by atoms with van der Waals surface area (Å²) in [5, 5.41) is 3.40.